The van der Waals surface area contributed by atoms with Crippen LogP contribution in [0, 0.1) is 13.8 Å². The molecular weight excluding hydrogens is 358 g/mol. The molecule has 0 aliphatic carbocycles. The maximum Gasteiger partial charge on any atom is 0.336 e. The predicted octanol–water partition coefficient (Wildman–Crippen LogP) is 3.19. The monoisotopic (exact) mass is 385 g/mol. The molecule has 1 heterocycles. The second-order valence-corrected chi connectivity index (χ2v) is 6.79. The number of rotatable bonds is 7. The first-order valence-electron chi connectivity index (χ1n) is 9.32. The molecule has 1 amide bonds. The number of hydrogen-bond acceptors (Lipinski definition) is 5. The summed E-state index contributed by atoms with van der Waals surface area (Å²) in [6, 6.07) is 5.92. The zero-order valence-electron chi connectivity index (χ0n) is 16.9. The van der Waals surface area contributed by atoms with Gasteiger partial charge in [0, 0.05) is 18.0 Å². The van der Waals surface area contributed by atoms with E-state index in [0.29, 0.717) is 11.3 Å². The van der Waals surface area contributed by atoms with Crippen molar-refractivity contribution >= 4 is 17.8 Å². The fourth-order valence-corrected chi connectivity index (χ4v) is 3.50. The highest BCUT2D eigenvalue weighted by atomic mass is 16.5. The van der Waals surface area contributed by atoms with Crippen LogP contribution in [0.2, 0.25) is 0 Å². The first kappa shape index (κ1) is 21.4. The Labute approximate surface area is 165 Å². The third-order valence-corrected chi connectivity index (χ3v) is 4.77. The number of hydrogen-bond donors (Lipinski definition) is 0. The van der Waals surface area contributed by atoms with Crippen molar-refractivity contribution in [2.45, 2.75) is 40.0 Å². The highest BCUT2D eigenvalue weighted by Crippen LogP contribution is 2.38. The van der Waals surface area contributed by atoms with Crippen LogP contribution < -0.4 is 0 Å². The average Bonchev–Trinajstić information content (AvgIpc) is 2.63. The summed E-state index contributed by atoms with van der Waals surface area (Å²) >= 11 is 0. The van der Waals surface area contributed by atoms with Crippen LogP contribution in [0.25, 0.3) is 0 Å². The topological polar surface area (TPSA) is 72.9 Å². The lowest BCUT2D eigenvalue weighted by Gasteiger charge is -2.34. The van der Waals surface area contributed by atoms with E-state index in [1.807, 2.05) is 32.0 Å². The fourth-order valence-electron chi connectivity index (χ4n) is 3.50. The lowest BCUT2D eigenvalue weighted by atomic mass is 9.81. The first-order chi connectivity index (χ1) is 13.3. The van der Waals surface area contributed by atoms with E-state index >= 15 is 0 Å². The molecule has 0 spiro atoms. The van der Waals surface area contributed by atoms with Gasteiger partial charge in [0.1, 0.15) is 13.2 Å². The Balaban J connectivity index is 2.51. The lowest BCUT2D eigenvalue weighted by Crippen LogP contribution is -2.41. The van der Waals surface area contributed by atoms with Crippen LogP contribution in [0.5, 0.6) is 0 Å². The first-order valence-corrected chi connectivity index (χ1v) is 9.32. The minimum absolute atomic E-state index is 0.0705. The summed E-state index contributed by atoms with van der Waals surface area (Å²) in [4.78, 5) is 38.8. The normalized spacial score (nSPS) is 16.8. The van der Waals surface area contributed by atoms with E-state index in [4.69, 9.17) is 9.47 Å². The molecule has 1 atom stereocenters. The number of nitrogens with zero attached hydrogens (tertiary/aromatic N) is 1. The Kier molecular flexibility index (Phi) is 7.15. The molecule has 0 saturated heterocycles. The maximum absolute atomic E-state index is 12.8. The van der Waals surface area contributed by atoms with Crippen molar-refractivity contribution in [2.24, 2.45) is 0 Å². The molecule has 0 bridgehead atoms. The van der Waals surface area contributed by atoms with Crippen molar-refractivity contribution in [2.75, 3.05) is 19.8 Å². The van der Waals surface area contributed by atoms with Crippen molar-refractivity contribution in [1.29, 1.82) is 0 Å². The molecule has 1 aromatic carbocycles. The smallest absolute Gasteiger partial charge is 0.336 e. The predicted molar refractivity (Wildman–Crippen MR) is 105 cm³/mol. The van der Waals surface area contributed by atoms with Crippen molar-refractivity contribution < 1.29 is 23.9 Å². The lowest BCUT2D eigenvalue weighted by molar-refractivity contribution is -0.149. The van der Waals surface area contributed by atoms with E-state index in [1.165, 1.54) is 11.0 Å². The van der Waals surface area contributed by atoms with E-state index in [2.05, 4.69) is 6.58 Å². The SMILES string of the molecule is C=CCOC(=O)C1=C(C)N(CC(=O)OCC)C(=O)CC1c1ccc(C)cc1C. The molecule has 1 aliphatic heterocycles. The van der Waals surface area contributed by atoms with Crippen molar-refractivity contribution in [1.82, 2.24) is 4.90 Å². The van der Waals surface area contributed by atoms with E-state index in [-0.39, 0.29) is 32.1 Å². The molecule has 0 radical (unpaired) electrons. The van der Waals surface area contributed by atoms with Crippen molar-refractivity contribution in [3.63, 3.8) is 0 Å². The van der Waals surface area contributed by atoms with Crippen LogP contribution in [0.1, 0.15) is 42.9 Å². The van der Waals surface area contributed by atoms with Crippen LogP contribution in [-0.2, 0) is 23.9 Å². The molecule has 6 nitrogen and oxygen atoms in total. The highest BCUT2D eigenvalue weighted by molar-refractivity contribution is 5.97. The van der Waals surface area contributed by atoms with Crippen LogP contribution in [0.4, 0.5) is 0 Å². The van der Waals surface area contributed by atoms with Gasteiger partial charge in [0.05, 0.1) is 12.2 Å². The molecule has 0 saturated carbocycles. The molecule has 1 aliphatic rings. The minimum Gasteiger partial charge on any atom is -0.465 e. The van der Waals surface area contributed by atoms with E-state index in [1.54, 1.807) is 13.8 Å². The summed E-state index contributed by atoms with van der Waals surface area (Å²) in [6.07, 6.45) is 1.57. The quantitative estimate of drug-likeness (QED) is 0.532. The number of allylic oxidation sites excluding steroid dienone is 1. The zero-order valence-corrected chi connectivity index (χ0v) is 16.9. The van der Waals surface area contributed by atoms with Crippen LogP contribution in [0.15, 0.2) is 42.1 Å². The fraction of sp³-hybridized carbons (Fsp3) is 0.409. The van der Waals surface area contributed by atoms with Gasteiger partial charge in [-0.25, -0.2) is 4.79 Å². The third kappa shape index (κ3) is 4.68. The number of esters is 2. The number of carbonyl (C=O) groups is 3. The van der Waals surface area contributed by atoms with Gasteiger partial charge in [0.15, 0.2) is 0 Å². The number of carbonyl (C=O) groups excluding carboxylic acids is 3. The van der Waals surface area contributed by atoms with E-state index in [9.17, 15) is 14.4 Å². The standard InChI is InChI=1S/C22H27NO5/c1-6-10-28-22(26)21-16(5)23(13-20(25)27-7-2)19(24)12-18(21)17-9-8-14(3)11-15(17)4/h6,8-9,11,18H,1,7,10,12-13H2,2-5H3. The molecular formula is C22H27NO5. The Morgan fingerprint density at radius 2 is 1.96 bits per heavy atom. The van der Waals surface area contributed by atoms with Gasteiger partial charge < -0.3 is 14.4 Å². The molecule has 0 N–H and O–H groups in total. The molecule has 1 unspecified atom stereocenters. The molecule has 0 aromatic heterocycles. The van der Waals surface area contributed by atoms with E-state index in [0.717, 1.165) is 16.7 Å². The van der Waals surface area contributed by atoms with Crippen LogP contribution >= 0.6 is 0 Å². The van der Waals surface area contributed by atoms with Crippen LogP contribution in [-0.4, -0.2) is 42.5 Å². The van der Waals surface area contributed by atoms with Gasteiger partial charge in [-0.05, 0) is 38.8 Å². The highest BCUT2D eigenvalue weighted by Gasteiger charge is 2.38. The van der Waals surface area contributed by atoms with Gasteiger partial charge in [0.25, 0.3) is 0 Å². The number of amides is 1. The summed E-state index contributed by atoms with van der Waals surface area (Å²) in [5.41, 5.74) is 3.81. The summed E-state index contributed by atoms with van der Waals surface area (Å²) in [6.45, 7) is 10.9. The van der Waals surface area contributed by atoms with Gasteiger partial charge >= 0.3 is 11.9 Å². The zero-order chi connectivity index (χ0) is 20.8. The number of aryl methyl sites for hydroxylation is 2. The summed E-state index contributed by atoms with van der Waals surface area (Å²) in [5, 5.41) is 0. The third-order valence-electron chi connectivity index (χ3n) is 4.77. The molecule has 28 heavy (non-hydrogen) atoms. The average molecular weight is 385 g/mol. The second kappa shape index (κ2) is 9.35. The number of ether oxygens (including phenoxy) is 2. The van der Waals surface area contributed by atoms with Gasteiger partial charge in [-0.1, -0.05) is 36.4 Å². The van der Waals surface area contributed by atoms with Crippen LogP contribution in [0.3, 0.4) is 0 Å². The Hall–Kier alpha value is -2.89. The Morgan fingerprint density at radius 1 is 1.25 bits per heavy atom. The molecule has 150 valence electrons. The number of benzene rings is 1. The molecule has 0 fully saturated rings. The van der Waals surface area contributed by atoms with Gasteiger partial charge in [-0.3, -0.25) is 9.59 Å². The van der Waals surface area contributed by atoms with Gasteiger partial charge in [0.2, 0.25) is 5.91 Å². The Morgan fingerprint density at radius 3 is 2.57 bits per heavy atom. The minimum atomic E-state index is -0.515. The van der Waals surface area contributed by atoms with Crippen molar-refractivity contribution in [3.8, 4) is 0 Å². The molecule has 6 heteroatoms. The van der Waals surface area contributed by atoms with Gasteiger partial charge in [-0.2, -0.15) is 0 Å². The van der Waals surface area contributed by atoms with E-state index < -0.39 is 17.9 Å². The largest absolute Gasteiger partial charge is 0.465 e. The van der Waals surface area contributed by atoms with Crippen molar-refractivity contribution in [3.05, 3.63) is 58.8 Å². The summed E-state index contributed by atoms with van der Waals surface area (Å²) in [7, 11) is 0. The second-order valence-electron chi connectivity index (χ2n) is 6.79. The maximum atomic E-state index is 12.8. The summed E-state index contributed by atoms with van der Waals surface area (Å²) < 4.78 is 10.2. The Bertz CT molecular complexity index is 824. The summed E-state index contributed by atoms with van der Waals surface area (Å²) in [5.74, 6) is -1.68. The van der Waals surface area contributed by atoms with Gasteiger partial charge in [-0.15, -0.1) is 0 Å². The molecule has 1 aromatic rings. The molecule has 2 rings (SSSR count).